The van der Waals surface area contributed by atoms with E-state index >= 15 is 0 Å². The zero-order valence-electron chi connectivity index (χ0n) is 21.7. The highest BCUT2D eigenvalue weighted by Gasteiger charge is 2.32. The van der Waals surface area contributed by atoms with E-state index in [-0.39, 0.29) is 29.0 Å². The van der Waals surface area contributed by atoms with Gasteiger partial charge in [0.2, 0.25) is 21.8 Å². The topological polar surface area (TPSA) is 90.0 Å². The van der Waals surface area contributed by atoms with E-state index in [2.05, 4.69) is 31.0 Å². The van der Waals surface area contributed by atoms with Crippen molar-refractivity contribution in [1.82, 2.24) is 14.5 Å². The Labute approximate surface area is 220 Å². The summed E-state index contributed by atoms with van der Waals surface area (Å²) < 4.78 is 28.1. The predicted molar refractivity (Wildman–Crippen MR) is 144 cm³/mol. The van der Waals surface area contributed by atoms with E-state index in [0.29, 0.717) is 43.1 Å². The Morgan fingerprint density at radius 3 is 2.47 bits per heavy atom. The highest BCUT2D eigenvalue weighted by Crippen LogP contribution is 2.37. The van der Waals surface area contributed by atoms with Crippen molar-refractivity contribution in [1.29, 1.82) is 0 Å². The van der Waals surface area contributed by atoms with Gasteiger partial charge in [0.05, 0.1) is 16.3 Å². The third-order valence-corrected chi connectivity index (χ3v) is 10.4. The second-order valence-corrected chi connectivity index (χ2v) is 13.8. The molecule has 8 nitrogen and oxygen atoms in total. The average Bonchev–Trinajstić information content (AvgIpc) is 2.83. The number of fused-ring (bicyclic) bond motifs is 1. The maximum Gasteiger partial charge on any atom is 0.243 e. The van der Waals surface area contributed by atoms with Crippen LogP contribution in [0.25, 0.3) is 0 Å². The summed E-state index contributed by atoms with van der Waals surface area (Å²) in [6, 6.07) is 4.95. The number of hydrogen-bond acceptors (Lipinski definition) is 6. The van der Waals surface area contributed by atoms with Crippen LogP contribution in [0.2, 0.25) is 0 Å². The van der Waals surface area contributed by atoms with E-state index < -0.39 is 10.0 Å². The van der Waals surface area contributed by atoms with Gasteiger partial charge in [0.1, 0.15) is 6.54 Å². The van der Waals surface area contributed by atoms with Gasteiger partial charge in [0, 0.05) is 37.6 Å². The number of piperidine rings is 2. The molecule has 1 aromatic rings. The third-order valence-electron chi connectivity index (χ3n) is 7.47. The molecule has 3 aliphatic rings. The van der Waals surface area contributed by atoms with Crippen molar-refractivity contribution in [3.05, 3.63) is 18.2 Å². The second kappa shape index (κ2) is 11.8. The van der Waals surface area contributed by atoms with Crippen LogP contribution in [-0.4, -0.2) is 81.0 Å². The molecule has 4 rings (SSSR count). The number of sulfonamides is 1. The summed E-state index contributed by atoms with van der Waals surface area (Å²) in [6.45, 7) is 11.4. The largest absolute Gasteiger partial charge is 0.355 e. The van der Waals surface area contributed by atoms with E-state index in [1.54, 1.807) is 18.2 Å². The van der Waals surface area contributed by atoms with Crippen molar-refractivity contribution in [3.63, 3.8) is 0 Å². The lowest BCUT2D eigenvalue weighted by Crippen LogP contribution is -2.44. The fraction of sp³-hybridized carbons (Fsp3) is 0.692. The number of nitrogens with one attached hydrogen (secondary N) is 1. The number of nitrogens with zero attached hydrogens (tertiary/aromatic N) is 3. The zero-order chi connectivity index (χ0) is 25.9. The van der Waals surface area contributed by atoms with Crippen molar-refractivity contribution < 1.29 is 18.0 Å². The molecule has 0 saturated carbocycles. The summed E-state index contributed by atoms with van der Waals surface area (Å²) in [7, 11) is -3.64. The van der Waals surface area contributed by atoms with Gasteiger partial charge in [-0.15, -0.1) is 11.8 Å². The lowest BCUT2D eigenvalue weighted by atomic mass is 9.92. The predicted octanol–water partition coefficient (Wildman–Crippen LogP) is 3.03. The van der Waals surface area contributed by atoms with Gasteiger partial charge in [-0.05, 0) is 68.2 Å². The Balaban J connectivity index is 1.36. The minimum atomic E-state index is -3.64. The maximum atomic E-state index is 13.3. The molecule has 0 aromatic heterocycles. The van der Waals surface area contributed by atoms with Crippen molar-refractivity contribution in [2.75, 3.05) is 56.5 Å². The van der Waals surface area contributed by atoms with Crippen LogP contribution in [0.15, 0.2) is 28.0 Å². The fourth-order valence-corrected chi connectivity index (χ4v) is 8.00. The number of likely N-dealkylation sites (tertiary alicyclic amines) is 1. The first-order chi connectivity index (χ1) is 17.1. The number of rotatable bonds is 8. The quantitative estimate of drug-likeness (QED) is 0.514. The van der Waals surface area contributed by atoms with Crippen LogP contribution in [0.5, 0.6) is 0 Å². The zero-order valence-corrected chi connectivity index (χ0v) is 23.4. The van der Waals surface area contributed by atoms with Crippen LogP contribution >= 0.6 is 11.8 Å². The standard InChI is InChI=1S/C26H40N4O4S2/c1-19-7-11-29(12-8-19)36(33,34)22-5-6-24-23(14-22)30(26(32)18-35-24)17-25(31)27-9-4-10-28-15-20(2)13-21(3)16-28/h5-6,14,19-21H,4,7-13,15-18H2,1-3H3,(H,27,31). The summed E-state index contributed by atoms with van der Waals surface area (Å²) in [5, 5.41) is 2.95. The molecule has 2 atom stereocenters. The van der Waals surface area contributed by atoms with Crippen LogP contribution in [0.4, 0.5) is 5.69 Å². The van der Waals surface area contributed by atoms with Gasteiger partial charge in [-0.3, -0.25) is 9.59 Å². The minimum Gasteiger partial charge on any atom is -0.355 e. The molecule has 1 N–H and O–H groups in total. The van der Waals surface area contributed by atoms with Crippen LogP contribution in [0, 0.1) is 17.8 Å². The number of thioether (sulfide) groups is 1. The monoisotopic (exact) mass is 536 g/mol. The molecule has 2 amide bonds. The van der Waals surface area contributed by atoms with E-state index in [1.165, 1.54) is 27.4 Å². The Hall–Kier alpha value is -1.62. The molecule has 0 radical (unpaired) electrons. The number of benzene rings is 1. The van der Waals surface area contributed by atoms with Gasteiger partial charge < -0.3 is 15.1 Å². The molecule has 2 unspecified atom stereocenters. The summed E-state index contributed by atoms with van der Waals surface area (Å²) in [6.07, 6.45) is 3.83. The summed E-state index contributed by atoms with van der Waals surface area (Å²) in [5.41, 5.74) is 0.508. The van der Waals surface area contributed by atoms with E-state index in [4.69, 9.17) is 0 Å². The first-order valence-corrected chi connectivity index (χ1v) is 15.6. The summed E-state index contributed by atoms with van der Waals surface area (Å²) in [5.74, 6) is 1.77. The van der Waals surface area contributed by atoms with E-state index in [1.807, 2.05) is 0 Å². The van der Waals surface area contributed by atoms with Gasteiger partial charge in [-0.2, -0.15) is 4.31 Å². The van der Waals surface area contributed by atoms with Gasteiger partial charge >= 0.3 is 0 Å². The number of carbonyl (C=O) groups is 2. The van der Waals surface area contributed by atoms with E-state index in [9.17, 15) is 18.0 Å². The Bertz CT molecular complexity index is 1050. The van der Waals surface area contributed by atoms with Crippen molar-refractivity contribution in [2.45, 2.75) is 56.2 Å². The molecule has 0 spiro atoms. The number of carbonyl (C=O) groups excluding carboxylic acids is 2. The van der Waals surface area contributed by atoms with Crippen molar-refractivity contribution in [2.24, 2.45) is 17.8 Å². The van der Waals surface area contributed by atoms with E-state index in [0.717, 1.165) is 43.8 Å². The molecular weight excluding hydrogens is 496 g/mol. The Kier molecular flexibility index (Phi) is 9.01. The molecule has 3 aliphatic heterocycles. The number of amides is 2. The highest BCUT2D eigenvalue weighted by atomic mass is 32.2. The first-order valence-electron chi connectivity index (χ1n) is 13.2. The maximum absolute atomic E-state index is 13.3. The molecule has 0 aliphatic carbocycles. The molecule has 200 valence electrons. The van der Waals surface area contributed by atoms with Crippen molar-refractivity contribution >= 4 is 39.3 Å². The molecule has 2 saturated heterocycles. The summed E-state index contributed by atoms with van der Waals surface area (Å²) >= 11 is 1.38. The normalized spacial score (nSPS) is 24.5. The van der Waals surface area contributed by atoms with Crippen LogP contribution in [-0.2, 0) is 19.6 Å². The number of hydrogen-bond donors (Lipinski definition) is 1. The summed E-state index contributed by atoms with van der Waals surface area (Å²) in [4.78, 5) is 30.4. The molecule has 10 heteroatoms. The SMILES string of the molecule is CC1CCN(S(=O)(=O)c2ccc3c(c2)N(CC(=O)NCCCN2CC(C)CC(C)C2)C(=O)CS3)CC1. The van der Waals surface area contributed by atoms with Gasteiger partial charge in [0.25, 0.3) is 0 Å². The lowest BCUT2D eigenvalue weighted by Gasteiger charge is -2.35. The molecule has 0 bridgehead atoms. The van der Waals surface area contributed by atoms with Crippen LogP contribution < -0.4 is 10.2 Å². The highest BCUT2D eigenvalue weighted by molar-refractivity contribution is 8.00. The van der Waals surface area contributed by atoms with Crippen LogP contribution in [0.3, 0.4) is 0 Å². The molecule has 1 aromatic carbocycles. The molecule has 3 heterocycles. The second-order valence-electron chi connectivity index (χ2n) is 10.9. The average molecular weight is 537 g/mol. The first kappa shape index (κ1) is 27.4. The number of anilines is 1. The lowest BCUT2D eigenvalue weighted by molar-refractivity contribution is -0.123. The smallest absolute Gasteiger partial charge is 0.243 e. The Morgan fingerprint density at radius 2 is 1.78 bits per heavy atom. The van der Waals surface area contributed by atoms with Crippen molar-refractivity contribution in [3.8, 4) is 0 Å². The molecular formula is C26H40N4O4S2. The minimum absolute atomic E-state index is 0.102. The van der Waals surface area contributed by atoms with Crippen LogP contribution in [0.1, 0.15) is 46.5 Å². The van der Waals surface area contributed by atoms with Gasteiger partial charge in [0.15, 0.2) is 0 Å². The molecule has 2 fully saturated rings. The van der Waals surface area contributed by atoms with Gasteiger partial charge in [-0.25, -0.2) is 8.42 Å². The fourth-order valence-electron chi connectivity index (χ4n) is 5.59. The third kappa shape index (κ3) is 6.62. The molecule has 36 heavy (non-hydrogen) atoms. The van der Waals surface area contributed by atoms with Gasteiger partial charge in [-0.1, -0.05) is 20.8 Å². The Morgan fingerprint density at radius 1 is 1.08 bits per heavy atom.